The smallest absolute Gasteiger partial charge is 0.146 e. The van der Waals surface area contributed by atoms with Crippen LogP contribution in [0.5, 0.6) is 5.75 Å². The Bertz CT molecular complexity index is 751. The number of hydrogen-bond acceptors (Lipinski definition) is 3. The van der Waals surface area contributed by atoms with E-state index in [0.29, 0.717) is 6.61 Å². The summed E-state index contributed by atoms with van der Waals surface area (Å²) in [6, 6.07) is 13.7. The highest BCUT2D eigenvalue weighted by atomic mass is 35.5. The molecule has 0 radical (unpaired) electrons. The third-order valence-corrected chi connectivity index (χ3v) is 3.62. The van der Waals surface area contributed by atoms with Crippen LogP contribution in [0.4, 0.5) is 0 Å². The van der Waals surface area contributed by atoms with E-state index >= 15 is 0 Å². The number of furan rings is 1. The molecule has 3 rings (SSSR count). The van der Waals surface area contributed by atoms with E-state index in [4.69, 9.17) is 20.8 Å². The third kappa shape index (κ3) is 3.04. The molecule has 0 spiro atoms. The lowest BCUT2D eigenvalue weighted by molar-refractivity contribution is 0.273. The molecule has 0 fully saturated rings. The van der Waals surface area contributed by atoms with E-state index in [9.17, 15) is 0 Å². The van der Waals surface area contributed by atoms with Crippen LogP contribution < -0.4 is 10.1 Å². The molecule has 0 saturated carbocycles. The van der Waals surface area contributed by atoms with Gasteiger partial charge >= 0.3 is 0 Å². The fourth-order valence-corrected chi connectivity index (χ4v) is 2.54. The van der Waals surface area contributed by atoms with Gasteiger partial charge in [0, 0.05) is 27.9 Å². The molecule has 3 nitrogen and oxygen atoms in total. The Kier molecular flexibility index (Phi) is 4.13. The first kappa shape index (κ1) is 14.0. The first-order valence-corrected chi connectivity index (χ1v) is 7.16. The molecule has 0 aliphatic heterocycles. The summed E-state index contributed by atoms with van der Waals surface area (Å²) in [5, 5.41) is 5.81. The highest BCUT2D eigenvalue weighted by molar-refractivity contribution is 6.35. The zero-order valence-corrected chi connectivity index (χ0v) is 12.5. The molecule has 1 N–H and O–H groups in total. The van der Waals surface area contributed by atoms with Crippen LogP contribution in [0, 0.1) is 0 Å². The van der Waals surface area contributed by atoms with Crippen molar-refractivity contribution in [1.82, 2.24) is 5.32 Å². The number of ether oxygens (including phenoxy) is 1. The van der Waals surface area contributed by atoms with Crippen molar-refractivity contribution < 1.29 is 9.15 Å². The number of fused-ring (bicyclic) bond motifs is 1. The highest BCUT2D eigenvalue weighted by Crippen LogP contribution is 2.31. The van der Waals surface area contributed by atoms with Crippen molar-refractivity contribution in [3.8, 4) is 5.75 Å². The van der Waals surface area contributed by atoms with Gasteiger partial charge in [-0.15, -0.1) is 0 Å². The van der Waals surface area contributed by atoms with Crippen molar-refractivity contribution in [1.29, 1.82) is 0 Å². The second-order valence-corrected chi connectivity index (χ2v) is 5.24. The van der Waals surface area contributed by atoms with Gasteiger partial charge in [-0.05, 0) is 25.2 Å². The molecule has 0 saturated heterocycles. The summed E-state index contributed by atoms with van der Waals surface area (Å²) >= 11 is 6.20. The molecule has 1 aromatic heterocycles. The summed E-state index contributed by atoms with van der Waals surface area (Å²) in [6.07, 6.45) is 1.75. The molecule has 0 atom stereocenters. The van der Waals surface area contributed by atoms with Gasteiger partial charge in [-0.25, -0.2) is 0 Å². The van der Waals surface area contributed by atoms with Crippen LogP contribution in [-0.2, 0) is 13.2 Å². The Balaban J connectivity index is 1.80. The summed E-state index contributed by atoms with van der Waals surface area (Å²) in [7, 11) is 1.91. The molecule has 21 heavy (non-hydrogen) atoms. The number of nitrogens with one attached hydrogen (secondary N) is 1. The summed E-state index contributed by atoms with van der Waals surface area (Å²) < 4.78 is 11.4. The van der Waals surface area contributed by atoms with Crippen molar-refractivity contribution in [3.05, 3.63) is 65.1 Å². The Morgan fingerprint density at radius 2 is 1.95 bits per heavy atom. The second kappa shape index (κ2) is 6.20. The lowest BCUT2D eigenvalue weighted by Crippen LogP contribution is -2.03. The van der Waals surface area contributed by atoms with Crippen molar-refractivity contribution in [2.24, 2.45) is 0 Å². The Morgan fingerprint density at radius 3 is 2.76 bits per heavy atom. The van der Waals surface area contributed by atoms with Crippen molar-refractivity contribution in [2.75, 3.05) is 7.05 Å². The molecule has 2 aromatic carbocycles. The maximum absolute atomic E-state index is 6.20. The second-order valence-electron chi connectivity index (χ2n) is 4.83. The SMILES string of the molecule is CNCc1coc(COc2ccc(Cl)c3ccccc23)c1. The van der Waals surface area contributed by atoms with Gasteiger partial charge in [-0.1, -0.05) is 35.9 Å². The molecule has 1 heterocycles. The van der Waals surface area contributed by atoms with Crippen LogP contribution >= 0.6 is 11.6 Å². The topological polar surface area (TPSA) is 34.4 Å². The predicted molar refractivity (Wildman–Crippen MR) is 84.8 cm³/mol. The van der Waals surface area contributed by atoms with E-state index in [0.717, 1.165) is 39.4 Å². The zero-order chi connectivity index (χ0) is 14.7. The van der Waals surface area contributed by atoms with Crippen LogP contribution in [0.1, 0.15) is 11.3 Å². The third-order valence-electron chi connectivity index (χ3n) is 3.29. The summed E-state index contributed by atoms with van der Waals surface area (Å²) in [5.41, 5.74) is 1.11. The maximum Gasteiger partial charge on any atom is 0.146 e. The van der Waals surface area contributed by atoms with Crippen molar-refractivity contribution >= 4 is 22.4 Å². The normalized spacial score (nSPS) is 11.0. The minimum Gasteiger partial charge on any atom is -0.485 e. The number of benzene rings is 2. The van der Waals surface area contributed by atoms with Gasteiger partial charge in [-0.2, -0.15) is 0 Å². The highest BCUT2D eigenvalue weighted by Gasteiger charge is 2.07. The molecular weight excluding hydrogens is 286 g/mol. The molecule has 0 aliphatic carbocycles. The lowest BCUT2D eigenvalue weighted by Gasteiger charge is -2.09. The van der Waals surface area contributed by atoms with E-state index in [1.54, 1.807) is 6.26 Å². The fraction of sp³-hybridized carbons (Fsp3) is 0.176. The Labute approximate surface area is 128 Å². The van der Waals surface area contributed by atoms with Gasteiger partial charge in [0.15, 0.2) is 0 Å². The fourth-order valence-electron chi connectivity index (χ4n) is 2.31. The molecule has 0 amide bonds. The van der Waals surface area contributed by atoms with Crippen LogP contribution in [-0.4, -0.2) is 7.05 Å². The summed E-state index contributed by atoms with van der Waals surface area (Å²) in [4.78, 5) is 0. The number of hydrogen-bond donors (Lipinski definition) is 1. The van der Waals surface area contributed by atoms with Gasteiger partial charge in [0.25, 0.3) is 0 Å². The van der Waals surface area contributed by atoms with Gasteiger partial charge in [0.1, 0.15) is 18.1 Å². The molecular formula is C17H16ClNO2. The Morgan fingerprint density at radius 1 is 1.14 bits per heavy atom. The van der Waals surface area contributed by atoms with E-state index < -0.39 is 0 Å². The quantitative estimate of drug-likeness (QED) is 0.759. The molecule has 0 unspecified atom stereocenters. The first-order chi connectivity index (χ1) is 10.3. The van der Waals surface area contributed by atoms with Crippen molar-refractivity contribution in [3.63, 3.8) is 0 Å². The number of halogens is 1. The zero-order valence-electron chi connectivity index (χ0n) is 11.7. The summed E-state index contributed by atoms with van der Waals surface area (Å²) in [6.45, 7) is 1.18. The van der Waals surface area contributed by atoms with Crippen LogP contribution in [0.3, 0.4) is 0 Å². The average Bonchev–Trinajstić information content (AvgIpc) is 2.95. The maximum atomic E-state index is 6.20. The summed E-state index contributed by atoms with van der Waals surface area (Å²) in [5.74, 6) is 1.61. The minimum atomic E-state index is 0.398. The minimum absolute atomic E-state index is 0.398. The molecule has 3 aromatic rings. The van der Waals surface area contributed by atoms with E-state index in [1.807, 2.05) is 49.5 Å². The molecule has 0 bridgehead atoms. The lowest BCUT2D eigenvalue weighted by atomic mass is 10.1. The van der Waals surface area contributed by atoms with Gasteiger partial charge in [0.05, 0.1) is 6.26 Å². The van der Waals surface area contributed by atoms with Gasteiger partial charge < -0.3 is 14.5 Å². The van der Waals surface area contributed by atoms with E-state index in [1.165, 1.54) is 0 Å². The monoisotopic (exact) mass is 301 g/mol. The number of rotatable bonds is 5. The molecule has 4 heteroatoms. The Hall–Kier alpha value is -1.97. The van der Waals surface area contributed by atoms with Crippen LogP contribution in [0.25, 0.3) is 10.8 Å². The molecule has 0 aliphatic rings. The first-order valence-electron chi connectivity index (χ1n) is 6.79. The van der Waals surface area contributed by atoms with Gasteiger partial charge in [0.2, 0.25) is 0 Å². The predicted octanol–water partition coefficient (Wildman–Crippen LogP) is 4.38. The van der Waals surface area contributed by atoms with Gasteiger partial charge in [-0.3, -0.25) is 0 Å². The van der Waals surface area contributed by atoms with Crippen LogP contribution in [0.15, 0.2) is 53.1 Å². The van der Waals surface area contributed by atoms with Crippen LogP contribution in [0.2, 0.25) is 5.02 Å². The molecule has 108 valence electrons. The standard InChI is InChI=1S/C17H16ClNO2/c1-19-9-12-8-13(20-10-12)11-21-17-7-6-16(18)14-4-2-3-5-15(14)17/h2-8,10,19H,9,11H2,1H3. The largest absolute Gasteiger partial charge is 0.485 e. The average molecular weight is 302 g/mol. The van der Waals surface area contributed by atoms with E-state index in [-0.39, 0.29) is 0 Å². The van der Waals surface area contributed by atoms with E-state index in [2.05, 4.69) is 5.32 Å². The van der Waals surface area contributed by atoms with Crippen molar-refractivity contribution in [2.45, 2.75) is 13.2 Å².